The van der Waals surface area contributed by atoms with Crippen LogP contribution in [0.25, 0.3) is 0 Å². The van der Waals surface area contributed by atoms with Crippen molar-refractivity contribution < 1.29 is 19.5 Å². The second kappa shape index (κ2) is 7.40. The van der Waals surface area contributed by atoms with Crippen LogP contribution in [0.3, 0.4) is 0 Å². The minimum absolute atomic E-state index is 0.127. The van der Waals surface area contributed by atoms with Crippen LogP contribution in [-0.4, -0.2) is 27.8 Å². The number of aromatic nitrogens is 1. The van der Waals surface area contributed by atoms with E-state index in [-0.39, 0.29) is 11.5 Å². The Morgan fingerprint density at radius 2 is 1.42 bits per heavy atom. The van der Waals surface area contributed by atoms with E-state index < -0.39 is 11.9 Å². The lowest BCUT2D eigenvalue weighted by molar-refractivity contribution is 0.0690. The van der Waals surface area contributed by atoms with Gasteiger partial charge in [-0.3, -0.25) is 9.59 Å². The maximum Gasteiger partial charge on any atom is 0.354 e. The number of pyridine rings is 1. The predicted molar refractivity (Wildman–Crippen MR) is 95.5 cm³/mol. The van der Waals surface area contributed by atoms with E-state index in [1.165, 1.54) is 18.3 Å². The number of benzene rings is 2. The Kier molecular flexibility index (Phi) is 4.85. The molecule has 0 fully saturated rings. The van der Waals surface area contributed by atoms with Crippen molar-refractivity contribution in [1.29, 1.82) is 0 Å². The van der Waals surface area contributed by atoms with Gasteiger partial charge in [0.1, 0.15) is 5.69 Å². The van der Waals surface area contributed by atoms with Gasteiger partial charge in [0.05, 0.1) is 0 Å². The van der Waals surface area contributed by atoms with Crippen molar-refractivity contribution in [2.45, 2.75) is 0 Å². The van der Waals surface area contributed by atoms with Gasteiger partial charge in [0, 0.05) is 28.6 Å². The maximum absolute atomic E-state index is 12.4. The summed E-state index contributed by atoms with van der Waals surface area (Å²) >= 11 is 0. The Morgan fingerprint density at radius 3 is 2.08 bits per heavy atom. The lowest BCUT2D eigenvalue weighted by atomic mass is 10.0. The van der Waals surface area contributed by atoms with Gasteiger partial charge >= 0.3 is 5.97 Å². The monoisotopic (exact) mass is 346 g/mol. The topological polar surface area (TPSA) is 96.4 Å². The number of carbonyl (C=O) groups excluding carboxylic acids is 2. The quantitative estimate of drug-likeness (QED) is 0.691. The van der Waals surface area contributed by atoms with Gasteiger partial charge in [-0.05, 0) is 24.3 Å². The molecule has 128 valence electrons. The van der Waals surface area contributed by atoms with E-state index in [4.69, 9.17) is 5.11 Å². The van der Waals surface area contributed by atoms with E-state index in [1.807, 2.05) is 6.07 Å². The predicted octanol–water partition coefficient (Wildman–Crippen LogP) is 3.26. The minimum Gasteiger partial charge on any atom is -0.477 e. The number of nitrogens with one attached hydrogen (secondary N) is 1. The molecule has 0 atom stereocenters. The van der Waals surface area contributed by atoms with Gasteiger partial charge in [0.25, 0.3) is 5.91 Å². The van der Waals surface area contributed by atoms with Gasteiger partial charge in [-0.25, -0.2) is 9.78 Å². The first kappa shape index (κ1) is 17.0. The number of amides is 1. The number of hydrogen-bond acceptors (Lipinski definition) is 4. The largest absolute Gasteiger partial charge is 0.477 e. The Bertz CT molecular complexity index is 967. The molecule has 0 bridgehead atoms. The summed E-state index contributed by atoms with van der Waals surface area (Å²) in [7, 11) is 0. The van der Waals surface area contributed by atoms with Crippen molar-refractivity contribution in [3.05, 3.63) is 95.3 Å². The summed E-state index contributed by atoms with van der Waals surface area (Å²) in [6.07, 6.45) is 1.31. The van der Waals surface area contributed by atoms with Crippen LogP contribution in [0.5, 0.6) is 0 Å². The molecule has 3 aromatic rings. The van der Waals surface area contributed by atoms with Crippen molar-refractivity contribution in [2.24, 2.45) is 0 Å². The third-order valence-corrected chi connectivity index (χ3v) is 3.68. The minimum atomic E-state index is -1.18. The van der Waals surface area contributed by atoms with Crippen molar-refractivity contribution in [3.63, 3.8) is 0 Å². The molecule has 6 nitrogen and oxygen atoms in total. The molecule has 26 heavy (non-hydrogen) atoms. The van der Waals surface area contributed by atoms with E-state index >= 15 is 0 Å². The molecule has 2 N–H and O–H groups in total. The Balaban J connectivity index is 1.74. The molecule has 6 heteroatoms. The second-order valence-corrected chi connectivity index (χ2v) is 5.46. The smallest absolute Gasteiger partial charge is 0.354 e. The van der Waals surface area contributed by atoms with Crippen molar-refractivity contribution in [1.82, 2.24) is 4.98 Å². The van der Waals surface area contributed by atoms with E-state index in [2.05, 4.69) is 10.3 Å². The van der Waals surface area contributed by atoms with Gasteiger partial charge in [-0.2, -0.15) is 0 Å². The molecule has 0 aliphatic carbocycles. The molecule has 1 aromatic heterocycles. The van der Waals surface area contributed by atoms with Crippen LogP contribution >= 0.6 is 0 Å². The molecule has 0 aliphatic rings. The highest BCUT2D eigenvalue weighted by atomic mass is 16.4. The summed E-state index contributed by atoms with van der Waals surface area (Å²) in [6.45, 7) is 0. The SMILES string of the molecule is O=C(Nc1ccnc(C(=O)O)c1)c1ccc(C(=O)c2ccccc2)cc1. The first-order valence-corrected chi connectivity index (χ1v) is 7.75. The number of rotatable bonds is 5. The van der Waals surface area contributed by atoms with Crippen LogP contribution in [0.1, 0.15) is 36.8 Å². The fourth-order valence-corrected chi connectivity index (χ4v) is 2.36. The highest BCUT2D eigenvalue weighted by Crippen LogP contribution is 2.14. The summed E-state index contributed by atoms with van der Waals surface area (Å²) in [5.41, 5.74) is 1.56. The standard InChI is InChI=1S/C20H14N2O4/c23-18(13-4-2-1-3-5-13)14-6-8-15(9-7-14)19(24)22-16-10-11-21-17(12-16)20(25)26/h1-12H,(H,25,26)(H,21,22,24). The van der Waals surface area contributed by atoms with Crippen molar-refractivity contribution >= 4 is 23.3 Å². The Labute approximate surface area is 149 Å². The first-order chi connectivity index (χ1) is 12.5. The third kappa shape index (κ3) is 3.81. The molecular formula is C20H14N2O4. The first-order valence-electron chi connectivity index (χ1n) is 7.75. The zero-order chi connectivity index (χ0) is 18.5. The summed E-state index contributed by atoms with van der Waals surface area (Å²) < 4.78 is 0. The summed E-state index contributed by atoms with van der Waals surface area (Å²) in [5, 5.41) is 11.5. The molecule has 0 saturated carbocycles. The zero-order valence-electron chi connectivity index (χ0n) is 13.5. The fraction of sp³-hybridized carbons (Fsp3) is 0. The number of ketones is 1. The molecule has 0 spiro atoms. The number of hydrogen-bond donors (Lipinski definition) is 2. The van der Waals surface area contributed by atoms with Gasteiger partial charge in [0.2, 0.25) is 0 Å². The number of nitrogens with zero attached hydrogens (tertiary/aromatic N) is 1. The number of carbonyl (C=O) groups is 3. The molecule has 0 aliphatic heterocycles. The lowest BCUT2D eigenvalue weighted by Crippen LogP contribution is -2.13. The normalized spacial score (nSPS) is 10.2. The van der Waals surface area contributed by atoms with Crippen LogP contribution < -0.4 is 5.32 Å². The van der Waals surface area contributed by atoms with Crippen LogP contribution in [0.2, 0.25) is 0 Å². The molecule has 2 aromatic carbocycles. The van der Waals surface area contributed by atoms with E-state index in [9.17, 15) is 14.4 Å². The van der Waals surface area contributed by atoms with E-state index in [1.54, 1.807) is 48.5 Å². The molecule has 3 rings (SSSR count). The summed E-state index contributed by atoms with van der Waals surface area (Å²) in [6, 6.07) is 17.9. The number of aromatic carboxylic acids is 1. The highest BCUT2D eigenvalue weighted by molar-refractivity contribution is 6.10. The fourth-order valence-electron chi connectivity index (χ4n) is 2.36. The second-order valence-electron chi connectivity index (χ2n) is 5.46. The molecule has 0 saturated heterocycles. The number of anilines is 1. The van der Waals surface area contributed by atoms with Gasteiger partial charge in [0.15, 0.2) is 5.78 Å². The molecule has 0 radical (unpaired) electrons. The van der Waals surface area contributed by atoms with Crippen molar-refractivity contribution in [2.75, 3.05) is 5.32 Å². The Hall–Kier alpha value is -3.80. The van der Waals surface area contributed by atoms with E-state index in [0.717, 1.165) is 0 Å². The van der Waals surface area contributed by atoms with Crippen LogP contribution in [0, 0.1) is 0 Å². The zero-order valence-corrected chi connectivity index (χ0v) is 13.5. The highest BCUT2D eigenvalue weighted by Gasteiger charge is 2.12. The molecule has 0 unspecified atom stereocenters. The lowest BCUT2D eigenvalue weighted by Gasteiger charge is -2.07. The van der Waals surface area contributed by atoms with Crippen LogP contribution in [0.15, 0.2) is 72.9 Å². The van der Waals surface area contributed by atoms with E-state index in [0.29, 0.717) is 22.4 Å². The van der Waals surface area contributed by atoms with Gasteiger partial charge < -0.3 is 10.4 Å². The number of carboxylic acids is 1. The van der Waals surface area contributed by atoms with Crippen molar-refractivity contribution in [3.8, 4) is 0 Å². The molecule has 1 heterocycles. The molecule has 1 amide bonds. The average Bonchev–Trinajstić information content (AvgIpc) is 2.68. The maximum atomic E-state index is 12.4. The third-order valence-electron chi connectivity index (χ3n) is 3.68. The Morgan fingerprint density at radius 1 is 0.808 bits per heavy atom. The van der Waals surface area contributed by atoms with Crippen LogP contribution in [0.4, 0.5) is 5.69 Å². The van der Waals surface area contributed by atoms with Gasteiger partial charge in [-0.15, -0.1) is 0 Å². The van der Waals surface area contributed by atoms with Gasteiger partial charge in [-0.1, -0.05) is 42.5 Å². The van der Waals surface area contributed by atoms with Crippen LogP contribution in [-0.2, 0) is 0 Å². The summed E-state index contributed by atoms with van der Waals surface area (Å²) in [5.74, 6) is -1.71. The summed E-state index contributed by atoms with van der Waals surface area (Å²) in [4.78, 5) is 39.2. The molecular weight excluding hydrogens is 332 g/mol. The number of carboxylic acid groups (broad SMARTS) is 1. The average molecular weight is 346 g/mol.